The molecule has 2 aromatic rings. The molecule has 5 nitrogen and oxygen atoms in total. The maximum Gasteiger partial charge on any atom is 0.277 e. The topological polar surface area (TPSA) is 68.0 Å². The lowest BCUT2D eigenvalue weighted by molar-refractivity contribution is 0.179. The number of aromatic nitrogens is 3. The van der Waals surface area contributed by atoms with E-state index < -0.39 is 0 Å². The number of aliphatic hydroxyl groups excluding tert-OH is 1. The van der Waals surface area contributed by atoms with Gasteiger partial charge in [-0.1, -0.05) is 17.3 Å². The first-order valence-corrected chi connectivity index (χ1v) is 6.19. The molecule has 0 radical (unpaired) electrons. The monoisotopic (exact) mass is 247 g/mol. The first-order chi connectivity index (χ1) is 8.68. The van der Waals surface area contributed by atoms with Crippen LogP contribution in [0.5, 0.6) is 0 Å². The van der Waals surface area contributed by atoms with Gasteiger partial charge in [0.15, 0.2) is 0 Å². The Bertz CT molecular complexity index is 578. The lowest BCUT2D eigenvalue weighted by Crippen LogP contribution is -2.24. The maximum absolute atomic E-state index is 12.1. The first kappa shape index (κ1) is 12.7. The summed E-state index contributed by atoms with van der Waals surface area (Å²) in [6, 6.07) is 7.20. The van der Waals surface area contributed by atoms with E-state index in [1.165, 1.54) is 4.68 Å². The first-order valence-electron chi connectivity index (χ1n) is 6.19. The Hall–Kier alpha value is -1.75. The van der Waals surface area contributed by atoms with Crippen LogP contribution in [0, 0.1) is 0 Å². The predicted molar refractivity (Wildman–Crippen MR) is 69.3 cm³/mol. The SMILES string of the molecule is C[C@@H](O)CCCCn1nnc2ccccc2c1=O. The summed E-state index contributed by atoms with van der Waals surface area (Å²) >= 11 is 0. The molecule has 0 amide bonds. The molecule has 96 valence electrons. The number of hydrogen-bond donors (Lipinski definition) is 1. The molecule has 0 aliphatic heterocycles. The van der Waals surface area contributed by atoms with Crippen LogP contribution in [-0.4, -0.2) is 26.2 Å². The van der Waals surface area contributed by atoms with Crippen LogP contribution in [0.1, 0.15) is 26.2 Å². The van der Waals surface area contributed by atoms with Crippen molar-refractivity contribution in [3.8, 4) is 0 Å². The zero-order valence-corrected chi connectivity index (χ0v) is 10.4. The van der Waals surface area contributed by atoms with Gasteiger partial charge in [-0.2, -0.15) is 0 Å². The highest BCUT2D eigenvalue weighted by molar-refractivity contribution is 5.76. The number of fused-ring (bicyclic) bond motifs is 1. The van der Waals surface area contributed by atoms with Crippen molar-refractivity contribution in [3.63, 3.8) is 0 Å². The molecule has 18 heavy (non-hydrogen) atoms. The largest absolute Gasteiger partial charge is 0.393 e. The number of benzene rings is 1. The van der Waals surface area contributed by atoms with Crippen molar-refractivity contribution in [1.29, 1.82) is 0 Å². The third-order valence-corrected chi connectivity index (χ3v) is 2.87. The molecule has 1 N–H and O–H groups in total. The number of aliphatic hydroxyl groups is 1. The third-order valence-electron chi connectivity index (χ3n) is 2.87. The van der Waals surface area contributed by atoms with Gasteiger partial charge < -0.3 is 5.11 Å². The summed E-state index contributed by atoms with van der Waals surface area (Å²) in [6.45, 7) is 2.31. The highest BCUT2D eigenvalue weighted by atomic mass is 16.3. The fourth-order valence-corrected chi connectivity index (χ4v) is 1.87. The van der Waals surface area contributed by atoms with E-state index in [9.17, 15) is 4.79 Å². The zero-order valence-electron chi connectivity index (χ0n) is 10.4. The van der Waals surface area contributed by atoms with E-state index in [2.05, 4.69) is 10.3 Å². The second-order valence-corrected chi connectivity index (χ2v) is 4.48. The van der Waals surface area contributed by atoms with Crippen LogP contribution in [0.15, 0.2) is 29.1 Å². The van der Waals surface area contributed by atoms with Gasteiger partial charge in [0.25, 0.3) is 5.56 Å². The van der Waals surface area contributed by atoms with E-state index >= 15 is 0 Å². The van der Waals surface area contributed by atoms with Crippen molar-refractivity contribution in [2.75, 3.05) is 0 Å². The van der Waals surface area contributed by atoms with E-state index in [1.807, 2.05) is 12.1 Å². The Labute approximate surface area is 105 Å². The molecule has 5 heteroatoms. The quantitative estimate of drug-likeness (QED) is 0.810. The summed E-state index contributed by atoms with van der Waals surface area (Å²) < 4.78 is 1.39. The molecule has 0 aliphatic rings. The molecular weight excluding hydrogens is 230 g/mol. The lowest BCUT2D eigenvalue weighted by Gasteiger charge is -2.05. The van der Waals surface area contributed by atoms with Gasteiger partial charge in [0, 0.05) is 6.54 Å². The van der Waals surface area contributed by atoms with Crippen molar-refractivity contribution in [3.05, 3.63) is 34.6 Å². The van der Waals surface area contributed by atoms with E-state index in [1.54, 1.807) is 19.1 Å². The molecule has 1 atom stereocenters. The minimum Gasteiger partial charge on any atom is -0.393 e. The van der Waals surface area contributed by atoms with Crippen molar-refractivity contribution in [1.82, 2.24) is 15.0 Å². The van der Waals surface area contributed by atoms with Crippen LogP contribution in [-0.2, 0) is 6.54 Å². The molecular formula is C13H17N3O2. The molecule has 0 saturated heterocycles. The molecule has 0 fully saturated rings. The van der Waals surface area contributed by atoms with Gasteiger partial charge in [-0.3, -0.25) is 4.79 Å². The summed E-state index contributed by atoms with van der Waals surface area (Å²) in [6.07, 6.45) is 2.15. The van der Waals surface area contributed by atoms with Gasteiger partial charge >= 0.3 is 0 Å². The Morgan fingerprint density at radius 1 is 1.33 bits per heavy atom. The number of nitrogens with zero attached hydrogens (tertiary/aromatic N) is 3. The van der Waals surface area contributed by atoms with Crippen LogP contribution < -0.4 is 5.56 Å². The maximum atomic E-state index is 12.1. The fraction of sp³-hybridized carbons (Fsp3) is 0.462. The Morgan fingerprint density at radius 2 is 2.11 bits per heavy atom. The van der Waals surface area contributed by atoms with Crippen LogP contribution in [0.2, 0.25) is 0 Å². The summed E-state index contributed by atoms with van der Waals surface area (Å²) in [4.78, 5) is 12.1. The van der Waals surface area contributed by atoms with E-state index in [-0.39, 0.29) is 11.7 Å². The molecule has 0 saturated carbocycles. The van der Waals surface area contributed by atoms with Gasteiger partial charge in [-0.05, 0) is 38.3 Å². The predicted octanol–water partition coefficient (Wildman–Crippen LogP) is 1.34. The average Bonchev–Trinajstić information content (AvgIpc) is 2.37. The number of unbranched alkanes of at least 4 members (excludes halogenated alkanes) is 1. The standard InChI is InChI=1S/C13H17N3O2/c1-10(17)6-4-5-9-16-13(18)11-7-2-3-8-12(11)14-15-16/h2-3,7-8,10,17H,4-6,9H2,1H3/t10-/m1/s1. The van der Waals surface area contributed by atoms with E-state index in [0.717, 1.165) is 19.3 Å². The molecule has 0 spiro atoms. The molecule has 0 aliphatic carbocycles. The Morgan fingerprint density at radius 3 is 2.89 bits per heavy atom. The van der Waals surface area contributed by atoms with Crippen LogP contribution in [0.25, 0.3) is 10.9 Å². The number of rotatable bonds is 5. The molecule has 1 aromatic carbocycles. The highest BCUT2D eigenvalue weighted by Gasteiger charge is 2.04. The van der Waals surface area contributed by atoms with Crippen molar-refractivity contribution in [2.24, 2.45) is 0 Å². The Balaban J connectivity index is 2.10. The van der Waals surface area contributed by atoms with Crippen molar-refractivity contribution < 1.29 is 5.11 Å². The molecule has 0 bridgehead atoms. The minimum absolute atomic E-state index is 0.0994. The van der Waals surface area contributed by atoms with Crippen molar-refractivity contribution >= 4 is 10.9 Å². The third kappa shape index (κ3) is 2.92. The smallest absolute Gasteiger partial charge is 0.277 e. The van der Waals surface area contributed by atoms with E-state index in [4.69, 9.17) is 5.11 Å². The lowest BCUT2D eigenvalue weighted by atomic mass is 10.2. The second-order valence-electron chi connectivity index (χ2n) is 4.48. The molecule has 1 heterocycles. The van der Waals surface area contributed by atoms with Gasteiger partial charge in [0.2, 0.25) is 0 Å². The summed E-state index contributed by atoms with van der Waals surface area (Å²) in [5, 5.41) is 17.7. The van der Waals surface area contributed by atoms with Gasteiger partial charge in [-0.15, -0.1) is 5.10 Å². The molecule has 0 unspecified atom stereocenters. The Kier molecular flexibility index (Phi) is 4.04. The van der Waals surface area contributed by atoms with Gasteiger partial charge in [0.1, 0.15) is 5.52 Å². The number of aryl methyl sites for hydroxylation is 1. The zero-order chi connectivity index (χ0) is 13.0. The minimum atomic E-state index is -0.288. The number of hydrogen-bond acceptors (Lipinski definition) is 4. The second kappa shape index (κ2) is 5.73. The normalized spacial score (nSPS) is 12.8. The average molecular weight is 247 g/mol. The molecule has 1 aromatic heterocycles. The van der Waals surface area contributed by atoms with Crippen LogP contribution in [0.3, 0.4) is 0 Å². The van der Waals surface area contributed by atoms with E-state index in [0.29, 0.717) is 17.4 Å². The van der Waals surface area contributed by atoms with Crippen molar-refractivity contribution in [2.45, 2.75) is 38.8 Å². The van der Waals surface area contributed by atoms with Crippen LogP contribution >= 0.6 is 0 Å². The van der Waals surface area contributed by atoms with Crippen LogP contribution in [0.4, 0.5) is 0 Å². The summed E-state index contributed by atoms with van der Waals surface area (Å²) in [7, 11) is 0. The fourth-order valence-electron chi connectivity index (χ4n) is 1.87. The summed E-state index contributed by atoms with van der Waals surface area (Å²) in [5.74, 6) is 0. The van der Waals surface area contributed by atoms with Gasteiger partial charge in [-0.25, -0.2) is 4.68 Å². The van der Waals surface area contributed by atoms with Gasteiger partial charge in [0.05, 0.1) is 11.5 Å². The highest BCUT2D eigenvalue weighted by Crippen LogP contribution is 2.05. The molecule has 2 rings (SSSR count). The summed E-state index contributed by atoms with van der Waals surface area (Å²) in [5.41, 5.74) is 0.528.